The van der Waals surface area contributed by atoms with Crippen LogP contribution in [0.1, 0.15) is 18.4 Å². The van der Waals surface area contributed by atoms with Crippen LogP contribution in [0.3, 0.4) is 0 Å². The van der Waals surface area contributed by atoms with Gasteiger partial charge in [0.1, 0.15) is 0 Å². The third-order valence-electron chi connectivity index (χ3n) is 3.26. The Hall–Kier alpha value is -2.29. The van der Waals surface area contributed by atoms with Crippen molar-refractivity contribution in [3.05, 3.63) is 66.2 Å². The summed E-state index contributed by atoms with van der Waals surface area (Å²) in [6, 6.07) is 20.3. The highest BCUT2D eigenvalue weighted by molar-refractivity contribution is 5.76. The highest BCUT2D eigenvalue weighted by Crippen LogP contribution is 2.04. The zero-order chi connectivity index (χ0) is 14.8. The molecule has 110 valence electrons. The first-order valence-electron chi connectivity index (χ1n) is 7.44. The average Bonchev–Trinajstić information content (AvgIpc) is 2.54. The van der Waals surface area contributed by atoms with Crippen LogP contribution in [0.25, 0.3) is 0 Å². The molecule has 2 aromatic rings. The maximum absolute atomic E-state index is 11.7. The Morgan fingerprint density at radius 1 is 0.857 bits per heavy atom. The van der Waals surface area contributed by atoms with E-state index in [1.807, 2.05) is 48.5 Å². The second-order valence-electron chi connectivity index (χ2n) is 4.98. The van der Waals surface area contributed by atoms with Crippen LogP contribution in [-0.4, -0.2) is 19.0 Å². The number of carbonyl (C=O) groups excluding carboxylic acids is 1. The number of rotatable bonds is 8. The van der Waals surface area contributed by atoms with Gasteiger partial charge in [0, 0.05) is 25.2 Å². The lowest BCUT2D eigenvalue weighted by Gasteiger charge is -2.07. The third-order valence-corrected chi connectivity index (χ3v) is 3.26. The van der Waals surface area contributed by atoms with E-state index in [0.29, 0.717) is 13.0 Å². The van der Waals surface area contributed by atoms with Gasteiger partial charge in [-0.3, -0.25) is 4.79 Å². The van der Waals surface area contributed by atoms with Gasteiger partial charge in [0.25, 0.3) is 0 Å². The SMILES string of the molecule is O=C(CCNc1ccccc1)NCCCc1ccccc1. The summed E-state index contributed by atoms with van der Waals surface area (Å²) in [5, 5.41) is 6.19. The van der Waals surface area contributed by atoms with Gasteiger partial charge in [-0.05, 0) is 30.5 Å². The lowest BCUT2D eigenvalue weighted by Crippen LogP contribution is -2.26. The van der Waals surface area contributed by atoms with Gasteiger partial charge in [0.2, 0.25) is 5.91 Å². The predicted octanol–water partition coefficient (Wildman–Crippen LogP) is 3.24. The van der Waals surface area contributed by atoms with Crippen molar-refractivity contribution in [1.82, 2.24) is 5.32 Å². The molecule has 0 saturated heterocycles. The van der Waals surface area contributed by atoms with Gasteiger partial charge >= 0.3 is 0 Å². The zero-order valence-electron chi connectivity index (χ0n) is 12.2. The van der Waals surface area contributed by atoms with Gasteiger partial charge < -0.3 is 10.6 Å². The molecule has 0 unspecified atom stereocenters. The molecule has 0 aliphatic carbocycles. The maximum Gasteiger partial charge on any atom is 0.221 e. The summed E-state index contributed by atoms with van der Waals surface area (Å²) in [4.78, 5) is 11.7. The van der Waals surface area contributed by atoms with Crippen molar-refractivity contribution in [1.29, 1.82) is 0 Å². The standard InChI is InChI=1S/C18H22N2O/c21-18(13-15-19-17-11-5-2-6-12-17)20-14-7-10-16-8-3-1-4-9-16/h1-6,8-9,11-12,19H,7,10,13-15H2,(H,20,21). The van der Waals surface area contributed by atoms with Crippen LogP contribution in [0.15, 0.2) is 60.7 Å². The third kappa shape index (κ3) is 6.13. The number of aryl methyl sites for hydroxylation is 1. The number of para-hydroxylation sites is 1. The van der Waals surface area contributed by atoms with Gasteiger partial charge in [-0.15, -0.1) is 0 Å². The number of hydrogen-bond donors (Lipinski definition) is 2. The molecule has 0 spiro atoms. The molecule has 0 aliphatic heterocycles. The molecule has 21 heavy (non-hydrogen) atoms. The Bertz CT molecular complexity index is 525. The minimum Gasteiger partial charge on any atom is -0.385 e. The Balaban J connectivity index is 1.54. The highest BCUT2D eigenvalue weighted by atomic mass is 16.1. The summed E-state index contributed by atoms with van der Waals surface area (Å²) < 4.78 is 0. The first-order valence-corrected chi connectivity index (χ1v) is 7.44. The van der Waals surface area contributed by atoms with E-state index in [1.54, 1.807) is 0 Å². The van der Waals surface area contributed by atoms with Crippen molar-refractivity contribution in [2.45, 2.75) is 19.3 Å². The Morgan fingerprint density at radius 2 is 1.52 bits per heavy atom. The molecule has 0 fully saturated rings. The smallest absolute Gasteiger partial charge is 0.221 e. The van der Waals surface area contributed by atoms with Gasteiger partial charge in [0.05, 0.1) is 0 Å². The van der Waals surface area contributed by atoms with E-state index in [-0.39, 0.29) is 5.91 Å². The Labute approximate surface area is 126 Å². The van der Waals surface area contributed by atoms with E-state index >= 15 is 0 Å². The van der Waals surface area contributed by atoms with Gasteiger partial charge in [-0.2, -0.15) is 0 Å². The molecule has 0 bridgehead atoms. The fourth-order valence-electron chi connectivity index (χ4n) is 2.13. The first kappa shape index (κ1) is 15.1. The summed E-state index contributed by atoms with van der Waals surface area (Å²) in [6.45, 7) is 1.40. The molecule has 3 heteroatoms. The molecule has 0 heterocycles. The van der Waals surface area contributed by atoms with Crippen molar-refractivity contribution >= 4 is 11.6 Å². The minimum atomic E-state index is 0.103. The van der Waals surface area contributed by atoms with Crippen molar-refractivity contribution in [3.63, 3.8) is 0 Å². The molecule has 2 aromatic carbocycles. The highest BCUT2D eigenvalue weighted by Gasteiger charge is 2.00. The first-order chi connectivity index (χ1) is 10.3. The van der Waals surface area contributed by atoms with E-state index in [9.17, 15) is 4.79 Å². The minimum absolute atomic E-state index is 0.103. The molecule has 2 N–H and O–H groups in total. The van der Waals surface area contributed by atoms with Crippen LogP contribution in [0.2, 0.25) is 0 Å². The molecule has 1 amide bonds. The number of hydrogen-bond acceptors (Lipinski definition) is 2. The fourth-order valence-corrected chi connectivity index (χ4v) is 2.13. The molecule has 0 aromatic heterocycles. The van der Waals surface area contributed by atoms with Crippen molar-refractivity contribution in [2.24, 2.45) is 0 Å². The van der Waals surface area contributed by atoms with Crippen LogP contribution in [-0.2, 0) is 11.2 Å². The molecule has 0 aliphatic rings. The lowest BCUT2D eigenvalue weighted by molar-refractivity contribution is -0.120. The quantitative estimate of drug-likeness (QED) is 0.730. The summed E-state index contributed by atoms with van der Waals surface area (Å²) in [5.41, 5.74) is 2.37. The van der Waals surface area contributed by atoms with Crippen molar-refractivity contribution in [3.8, 4) is 0 Å². The summed E-state index contributed by atoms with van der Waals surface area (Å²) in [7, 11) is 0. The van der Waals surface area contributed by atoms with Crippen LogP contribution >= 0.6 is 0 Å². The van der Waals surface area contributed by atoms with Crippen LogP contribution in [0.4, 0.5) is 5.69 Å². The number of nitrogens with one attached hydrogen (secondary N) is 2. The zero-order valence-corrected chi connectivity index (χ0v) is 12.2. The van der Waals surface area contributed by atoms with Gasteiger partial charge in [0.15, 0.2) is 0 Å². The maximum atomic E-state index is 11.7. The Morgan fingerprint density at radius 3 is 2.24 bits per heavy atom. The van der Waals surface area contributed by atoms with Crippen LogP contribution in [0.5, 0.6) is 0 Å². The molecule has 0 radical (unpaired) electrons. The topological polar surface area (TPSA) is 41.1 Å². The van der Waals surface area contributed by atoms with Gasteiger partial charge in [-0.25, -0.2) is 0 Å². The molecular weight excluding hydrogens is 260 g/mol. The normalized spacial score (nSPS) is 10.1. The van der Waals surface area contributed by atoms with E-state index in [4.69, 9.17) is 0 Å². The van der Waals surface area contributed by atoms with Crippen LogP contribution in [0, 0.1) is 0 Å². The Kier molecular flexibility index (Phi) is 6.33. The molecule has 2 rings (SSSR count). The fraction of sp³-hybridized carbons (Fsp3) is 0.278. The molecule has 3 nitrogen and oxygen atoms in total. The summed E-state index contributed by atoms with van der Waals surface area (Å²) >= 11 is 0. The molecule has 0 atom stereocenters. The van der Waals surface area contributed by atoms with E-state index in [2.05, 4.69) is 22.8 Å². The van der Waals surface area contributed by atoms with Crippen molar-refractivity contribution < 1.29 is 4.79 Å². The number of benzene rings is 2. The van der Waals surface area contributed by atoms with E-state index in [1.165, 1.54) is 5.56 Å². The largest absolute Gasteiger partial charge is 0.385 e. The van der Waals surface area contributed by atoms with Gasteiger partial charge in [-0.1, -0.05) is 48.5 Å². The molecular formula is C18H22N2O. The number of carbonyl (C=O) groups is 1. The second-order valence-corrected chi connectivity index (χ2v) is 4.98. The van der Waals surface area contributed by atoms with Crippen LogP contribution < -0.4 is 10.6 Å². The monoisotopic (exact) mass is 282 g/mol. The van der Waals surface area contributed by atoms with E-state index < -0.39 is 0 Å². The van der Waals surface area contributed by atoms with Crippen molar-refractivity contribution in [2.75, 3.05) is 18.4 Å². The van der Waals surface area contributed by atoms with E-state index in [0.717, 1.165) is 25.1 Å². The number of anilines is 1. The summed E-state index contributed by atoms with van der Waals surface area (Å²) in [5.74, 6) is 0.103. The predicted molar refractivity (Wildman–Crippen MR) is 87.3 cm³/mol. The average molecular weight is 282 g/mol. The number of amides is 1. The molecule has 0 saturated carbocycles. The second kappa shape index (κ2) is 8.80. The summed E-state index contributed by atoms with van der Waals surface area (Å²) in [6.07, 6.45) is 2.48. The lowest BCUT2D eigenvalue weighted by atomic mass is 10.1.